The minimum Gasteiger partial charge on any atom is -0.310 e. The van der Waals surface area contributed by atoms with Crippen LogP contribution in [-0.4, -0.2) is 6.54 Å². The van der Waals surface area contributed by atoms with Crippen molar-refractivity contribution in [1.82, 2.24) is 5.32 Å². The Bertz CT molecular complexity index is 326. The third kappa shape index (κ3) is 2.65. The Balaban J connectivity index is 2.07. The third-order valence-electron chi connectivity index (χ3n) is 3.52. The Kier molecular flexibility index (Phi) is 3.65. The van der Waals surface area contributed by atoms with E-state index >= 15 is 0 Å². The van der Waals surface area contributed by atoms with E-state index in [1.165, 1.54) is 30.5 Å². The zero-order valence-corrected chi connectivity index (χ0v) is 10.7. The Labute approximate surface area is 99.3 Å². The molecule has 2 unspecified atom stereocenters. The average Bonchev–Trinajstić information content (AvgIpc) is 2.65. The minimum atomic E-state index is 0.577. The summed E-state index contributed by atoms with van der Waals surface area (Å²) in [7, 11) is 0. The molecule has 1 aliphatic rings. The van der Waals surface area contributed by atoms with E-state index in [1.54, 1.807) is 0 Å². The number of nitrogens with one attached hydrogen (secondary N) is 1. The van der Waals surface area contributed by atoms with Gasteiger partial charge in [0, 0.05) is 6.04 Å². The van der Waals surface area contributed by atoms with Crippen molar-refractivity contribution >= 4 is 0 Å². The molecule has 1 fully saturated rings. The van der Waals surface area contributed by atoms with Crippen LogP contribution in [0.25, 0.3) is 0 Å². The van der Waals surface area contributed by atoms with Crippen LogP contribution in [0.5, 0.6) is 0 Å². The fourth-order valence-electron chi connectivity index (χ4n) is 2.61. The lowest BCUT2D eigenvalue weighted by atomic mass is 9.94. The molecule has 0 aromatic heterocycles. The molecule has 0 bridgehead atoms. The SMILES string of the molecule is CC(C)Cc1ccc(C2NCCC2C)cc1. The predicted octanol–water partition coefficient (Wildman–Crippen LogP) is 3.56. The fraction of sp³-hybridized carbons (Fsp3) is 0.600. The fourth-order valence-corrected chi connectivity index (χ4v) is 2.61. The molecule has 2 atom stereocenters. The lowest BCUT2D eigenvalue weighted by molar-refractivity contribution is 0.503. The highest BCUT2D eigenvalue weighted by Gasteiger charge is 2.23. The first-order chi connectivity index (χ1) is 7.66. The van der Waals surface area contributed by atoms with Gasteiger partial charge in [-0.1, -0.05) is 45.0 Å². The molecule has 16 heavy (non-hydrogen) atoms. The van der Waals surface area contributed by atoms with Crippen molar-refractivity contribution in [3.05, 3.63) is 35.4 Å². The molecule has 0 aliphatic carbocycles. The summed E-state index contributed by atoms with van der Waals surface area (Å²) in [6.45, 7) is 8.05. The predicted molar refractivity (Wildman–Crippen MR) is 69.5 cm³/mol. The van der Waals surface area contributed by atoms with Crippen molar-refractivity contribution in [2.75, 3.05) is 6.54 Å². The molecule has 1 N–H and O–H groups in total. The molecule has 2 rings (SSSR count). The summed E-state index contributed by atoms with van der Waals surface area (Å²) >= 11 is 0. The quantitative estimate of drug-likeness (QED) is 0.816. The summed E-state index contributed by atoms with van der Waals surface area (Å²) in [6.07, 6.45) is 2.49. The van der Waals surface area contributed by atoms with Crippen LogP contribution < -0.4 is 5.32 Å². The van der Waals surface area contributed by atoms with Gasteiger partial charge in [-0.2, -0.15) is 0 Å². The molecule has 1 aromatic rings. The molecule has 88 valence electrons. The van der Waals surface area contributed by atoms with E-state index in [0.29, 0.717) is 6.04 Å². The second kappa shape index (κ2) is 5.01. The number of hydrogen-bond acceptors (Lipinski definition) is 1. The molecule has 1 heteroatoms. The molecule has 0 amide bonds. The maximum atomic E-state index is 3.58. The van der Waals surface area contributed by atoms with Gasteiger partial charge in [0.25, 0.3) is 0 Å². The van der Waals surface area contributed by atoms with E-state index in [-0.39, 0.29) is 0 Å². The number of rotatable bonds is 3. The lowest BCUT2D eigenvalue weighted by Gasteiger charge is -2.16. The largest absolute Gasteiger partial charge is 0.310 e. The second-order valence-electron chi connectivity index (χ2n) is 5.54. The molecular formula is C15H23N. The number of benzene rings is 1. The first-order valence-corrected chi connectivity index (χ1v) is 6.49. The zero-order chi connectivity index (χ0) is 11.5. The van der Waals surface area contributed by atoms with E-state index in [9.17, 15) is 0 Å². The van der Waals surface area contributed by atoms with Crippen LogP contribution >= 0.6 is 0 Å². The molecule has 0 saturated carbocycles. The molecule has 1 nitrogen and oxygen atoms in total. The van der Waals surface area contributed by atoms with Crippen LogP contribution in [-0.2, 0) is 6.42 Å². The van der Waals surface area contributed by atoms with Crippen molar-refractivity contribution in [1.29, 1.82) is 0 Å². The van der Waals surface area contributed by atoms with E-state index in [4.69, 9.17) is 0 Å². The summed E-state index contributed by atoms with van der Waals surface area (Å²) in [5, 5.41) is 3.58. The molecule has 1 aliphatic heterocycles. The number of hydrogen-bond donors (Lipinski definition) is 1. The highest BCUT2D eigenvalue weighted by Crippen LogP contribution is 2.29. The van der Waals surface area contributed by atoms with Gasteiger partial charge >= 0.3 is 0 Å². The third-order valence-corrected chi connectivity index (χ3v) is 3.52. The van der Waals surface area contributed by atoms with Crippen molar-refractivity contribution in [3.8, 4) is 0 Å². The van der Waals surface area contributed by atoms with Crippen molar-refractivity contribution in [3.63, 3.8) is 0 Å². The minimum absolute atomic E-state index is 0.577. The van der Waals surface area contributed by atoms with Crippen LogP contribution in [0.2, 0.25) is 0 Å². The summed E-state index contributed by atoms with van der Waals surface area (Å²) in [6, 6.07) is 9.77. The van der Waals surface area contributed by atoms with Gasteiger partial charge in [0.05, 0.1) is 0 Å². The topological polar surface area (TPSA) is 12.0 Å². The van der Waals surface area contributed by atoms with Gasteiger partial charge in [0.15, 0.2) is 0 Å². The highest BCUT2D eigenvalue weighted by atomic mass is 14.9. The van der Waals surface area contributed by atoms with Crippen LogP contribution in [0.3, 0.4) is 0 Å². The summed E-state index contributed by atoms with van der Waals surface area (Å²) in [5.74, 6) is 1.52. The van der Waals surface area contributed by atoms with Crippen LogP contribution in [0, 0.1) is 11.8 Å². The normalized spacial score (nSPS) is 25.2. The molecule has 1 heterocycles. The first-order valence-electron chi connectivity index (χ1n) is 6.49. The molecule has 0 radical (unpaired) electrons. The lowest BCUT2D eigenvalue weighted by Crippen LogP contribution is -2.16. The summed E-state index contributed by atoms with van der Waals surface area (Å²) in [4.78, 5) is 0. The molecule has 1 saturated heterocycles. The van der Waals surface area contributed by atoms with Gasteiger partial charge < -0.3 is 5.32 Å². The second-order valence-corrected chi connectivity index (χ2v) is 5.54. The van der Waals surface area contributed by atoms with Crippen molar-refractivity contribution < 1.29 is 0 Å². The van der Waals surface area contributed by atoms with Gasteiger partial charge in [0.2, 0.25) is 0 Å². The Morgan fingerprint density at radius 3 is 2.44 bits per heavy atom. The monoisotopic (exact) mass is 217 g/mol. The maximum absolute atomic E-state index is 3.58. The molecule has 1 aromatic carbocycles. The summed E-state index contributed by atoms with van der Waals surface area (Å²) < 4.78 is 0. The summed E-state index contributed by atoms with van der Waals surface area (Å²) in [5.41, 5.74) is 2.92. The van der Waals surface area contributed by atoms with Gasteiger partial charge in [-0.3, -0.25) is 0 Å². The Morgan fingerprint density at radius 2 is 1.94 bits per heavy atom. The van der Waals surface area contributed by atoms with Crippen LogP contribution in [0.1, 0.15) is 44.4 Å². The highest BCUT2D eigenvalue weighted by molar-refractivity contribution is 5.26. The molecular weight excluding hydrogens is 194 g/mol. The van der Waals surface area contributed by atoms with E-state index in [2.05, 4.69) is 50.4 Å². The van der Waals surface area contributed by atoms with Crippen LogP contribution in [0.4, 0.5) is 0 Å². The zero-order valence-electron chi connectivity index (χ0n) is 10.7. The van der Waals surface area contributed by atoms with Gasteiger partial charge in [-0.05, 0) is 42.3 Å². The van der Waals surface area contributed by atoms with E-state index < -0.39 is 0 Å². The van der Waals surface area contributed by atoms with Gasteiger partial charge in [0.1, 0.15) is 0 Å². The standard InChI is InChI=1S/C15H23N/c1-11(2)10-13-4-6-14(7-5-13)15-12(3)8-9-16-15/h4-7,11-12,15-16H,8-10H2,1-3H3. The van der Waals surface area contributed by atoms with Crippen molar-refractivity contribution in [2.24, 2.45) is 11.8 Å². The smallest absolute Gasteiger partial charge is 0.0346 e. The average molecular weight is 217 g/mol. The molecule has 0 spiro atoms. The maximum Gasteiger partial charge on any atom is 0.0346 e. The van der Waals surface area contributed by atoms with E-state index in [0.717, 1.165) is 11.8 Å². The van der Waals surface area contributed by atoms with Gasteiger partial charge in [-0.15, -0.1) is 0 Å². The van der Waals surface area contributed by atoms with Crippen LogP contribution in [0.15, 0.2) is 24.3 Å². The Hall–Kier alpha value is -0.820. The first kappa shape index (κ1) is 11.7. The Morgan fingerprint density at radius 1 is 1.25 bits per heavy atom. The van der Waals surface area contributed by atoms with Gasteiger partial charge in [-0.25, -0.2) is 0 Å². The van der Waals surface area contributed by atoms with Crippen molar-refractivity contribution in [2.45, 2.75) is 39.7 Å². The van der Waals surface area contributed by atoms with E-state index in [1.807, 2.05) is 0 Å².